The minimum Gasteiger partial charge on any atom is -0.390 e. The topological polar surface area (TPSA) is 53.4 Å². The molecule has 2 atom stereocenters. The number of hydrogen-bond acceptors (Lipinski definition) is 3. The van der Waals surface area contributed by atoms with Crippen molar-refractivity contribution >= 4 is 15.9 Å². The van der Waals surface area contributed by atoms with Gasteiger partial charge < -0.3 is 10.2 Å². The van der Waals surface area contributed by atoms with Gasteiger partial charge in [-0.05, 0) is 25.0 Å². The number of aliphatic hydroxyl groups is 2. The van der Waals surface area contributed by atoms with Gasteiger partial charge in [-0.25, -0.2) is 4.98 Å². The molecule has 2 N–H and O–H groups in total. The Labute approximate surface area is 96.1 Å². The summed E-state index contributed by atoms with van der Waals surface area (Å²) in [4.78, 5) is 3.46. The van der Waals surface area contributed by atoms with Gasteiger partial charge in [0.2, 0.25) is 5.95 Å². The fraction of sp³-hybridized carbons (Fsp3) is 0.500. The van der Waals surface area contributed by atoms with Crippen molar-refractivity contribution in [2.45, 2.75) is 25.6 Å². The van der Waals surface area contributed by atoms with Crippen LogP contribution in [0.1, 0.15) is 23.7 Å². The van der Waals surface area contributed by atoms with Crippen LogP contribution in [0.25, 0.3) is 0 Å². The first-order chi connectivity index (χ1) is 7.07. The van der Waals surface area contributed by atoms with Gasteiger partial charge in [0.15, 0.2) is 0 Å². The summed E-state index contributed by atoms with van der Waals surface area (Å²) in [6, 6.07) is 1.51. The van der Waals surface area contributed by atoms with Crippen LogP contribution < -0.4 is 0 Å². The third-order valence-corrected chi connectivity index (χ3v) is 2.73. The molecule has 0 aliphatic carbocycles. The van der Waals surface area contributed by atoms with E-state index < -0.39 is 18.2 Å². The number of nitrogens with zero attached hydrogens (tertiary/aromatic N) is 1. The molecule has 0 aromatic carbocycles. The molecule has 0 bridgehead atoms. The minimum atomic E-state index is -1.07. The summed E-state index contributed by atoms with van der Waals surface area (Å²) in [7, 11) is 0. The smallest absolute Gasteiger partial charge is 0.216 e. The highest BCUT2D eigenvalue weighted by Crippen LogP contribution is 2.23. The predicted molar refractivity (Wildman–Crippen MR) is 58.3 cm³/mol. The van der Waals surface area contributed by atoms with Crippen molar-refractivity contribution in [1.82, 2.24) is 4.98 Å². The molecule has 15 heavy (non-hydrogen) atoms. The maximum atomic E-state index is 13.1. The molecule has 0 saturated carbocycles. The van der Waals surface area contributed by atoms with Gasteiger partial charge in [0, 0.05) is 17.1 Å². The Hall–Kier alpha value is -0.520. The molecule has 1 heterocycles. The minimum absolute atomic E-state index is 0.277. The second kappa shape index (κ2) is 5.53. The Morgan fingerprint density at radius 1 is 1.53 bits per heavy atom. The van der Waals surface area contributed by atoms with Crippen LogP contribution in [0.4, 0.5) is 4.39 Å². The number of hydrogen-bond donors (Lipinski definition) is 2. The van der Waals surface area contributed by atoms with E-state index in [4.69, 9.17) is 0 Å². The first-order valence-corrected chi connectivity index (χ1v) is 5.73. The van der Waals surface area contributed by atoms with E-state index in [-0.39, 0.29) is 5.56 Å². The molecule has 1 aromatic heterocycles. The van der Waals surface area contributed by atoms with Crippen molar-refractivity contribution in [1.29, 1.82) is 0 Å². The number of halogens is 2. The highest BCUT2D eigenvalue weighted by atomic mass is 79.9. The third kappa shape index (κ3) is 2.96. The predicted octanol–water partition coefficient (Wildman–Crippen LogP) is 1.71. The summed E-state index contributed by atoms with van der Waals surface area (Å²) in [5, 5.41) is 19.9. The molecule has 0 radical (unpaired) electrons. The Morgan fingerprint density at radius 3 is 2.80 bits per heavy atom. The molecule has 3 nitrogen and oxygen atoms in total. The summed E-state index contributed by atoms with van der Waals surface area (Å²) in [5.74, 6) is -0.613. The van der Waals surface area contributed by atoms with E-state index in [0.717, 1.165) is 0 Å². The van der Waals surface area contributed by atoms with Gasteiger partial charge in [-0.2, -0.15) is 4.39 Å². The highest BCUT2D eigenvalue weighted by molar-refractivity contribution is 9.09. The number of aromatic nitrogens is 1. The van der Waals surface area contributed by atoms with Crippen LogP contribution in [0.3, 0.4) is 0 Å². The second-order valence-corrected chi connectivity index (χ2v) is 4.10. The molecule has 0 fully saturated rings. The summed E-state index contributed by atoms with van der Waals surface area (Å²) in [6.07, 6.45) is -0.281. The van der Waals surface area contributed by atoms with Gasteiger partial charge in [-0.15, -0.1) is 0 Å². The molecule has 0 amide bonds. The normalized spacial score (nSPS) is 15.0. The number of alkyl halides is 1. The van der Waals surface area contributed by atoms with Crippen LogP contribution in [0.2, 0.25) is 0 Å². The van der Waals surface area contributed by atoms with E-state index in [0.29, 0.717) is 17.3 Å². The van der Waals surface area contributed by atoms with Crippen LogP contribution in [0.5, 0.6) is 0 Å². The lowest BCUT2D eigenvalue weighted by molar-refractivity contribution is 0.0167. The molecule has 2 unspecified atom stereocenters. The van der Waals surface area contributed by atoms with Crippen LogP contribution in [0.15, 0.2) is 12.3 Å². The Balaban J connectivity index is 2.90. The summed E-state index contributed by atoms with van der Waals surface area (Å²) in [5.41, 5.74) is 0.662. The van der Waals surface area contributed by atoms with Crippen molar-refractivity contribution in [2.24, 2.45) is 0 Å². The van der Waals surface area contributed by atoms with Crippen molar-refractivity contribution in [3.63, 3.8) is 0 Å². The van der Waals surface area contributed by atoms with E-state index >= 15 is 0 Å². The molecule has 5 heteroatoms. The summed E-state index contributed by atoms with van der Waals surface area (Å²) >= 11 is 3.17. The standard InChI is InChI=1S/C10H13BrFNO2/c1-6-7(3-5-13-10(6)12)9(15)8(14)2-4-11/h3,5,8-9,14-15H,2,4H2,1H3. The average Bonchev–Trinajstić information content (AvgIpc) is 2.21. The Morgan fingerprint density at radius 2 is 2.20 bits per heavy atom. The zero-order valence-corrected chi connectivity index (χ0v) is 9.91. The van der Waals surface area contributed by atoms with Crippen molar-refractivity contribution in [3.05, 3.63) is 29.3 Å². The quantitative estimate of drug-likeness (QED) is 0.651. The fourth-order valence-corrected chi connectivity index (χ4v) is 1.79. The van der Waals surface area contributed by atoms with Gasteiger partial charge in [-0.3, -0.25) is 0 Å². The van der Waals surface area contributed by atoms with Crippen LogP contribution in [-0.2, 0) is 0 Å². The van der Waals surface area contributed by atoms with Gasteiger partial charge in [0.1, 0.15) is 6.10 Å². The van der Waals surface area contributed by atoms with Gasteiger partial charge in [0.05, 0.1) is 6.10 Å². The molecule has 0 spiro atoms. The second-order valence-electron chi connectivity index (χ2n) is 3.31. The van der Waals surface area contributed by atoms with Crippen molar-refractivity contribution < 1.29 is 14.6 Å². The molecular weight excluding hydrogens is 265 g/mol. The Bertz CT molecular complexity index is 335. The largest absolute Gasteiger partial charge is 0.390 e. The van der Waals surface area contributed by atoms with Crippen molar-refractivity contribution in [2.75, 3.05) is 5.33 Å². The van der Waals surface area contributed by atoms with Crippen LogP contribution in [0, 0.1) is 12.9 Å². The van der Waals surface area contributed by atoms with Crippen LogP contribution in [-0.4, -0.2) is 26.6 Å². The summed E-state index contributed by atoms with van der Waals surface area (Å²) in [6.45, 7) is 1.53. The lowest BCUT2D eigenvalue weighted by Gasteiger charge is -2.18. The average molecular weight is 278 g/mol. The maximum Gasteiger partial charge on any atom is 0.216 e. The van der Waals surface area contributed by atoms with Gasteiger partial charge in [-0.1, -0.05) is 15.9 Å². The molecule has 1 aromatic rings. The summed E-state index contributed by atoms with van der Waals surface area (Å²) < 4.78 is 13.1. The SMILES string of the molecule is Cc1c(C(O)C(O)CCBr)ccnc1F. The molecular formula is C10H13BrFNO2. The zero-order valence-electron chi connectivity index (χ0n) is 8.32. The van der Waals surface area contributed by atoms with E-state index in [9.17, 15) is 14.6 Å². The molecule has 1 rings (SSSR count). The molecule has 0 saturated heterocycles. The number of pyridine rings is 1. The van der Waals surface area contributed by atoms with E-state index in [1.807, 2.05) is 0 Å². The highest BCUT2D eigenvalue weighted by Gasteiger charge is 2.20. The first-order valence-electron chi connectivity index (χ1n) is 4.61. The van der Waals surface area contributed by atoms with Gasteiger partial charge >= 0.3 is 0 Å². The molecule has 84 valence electrons. The maximum absolute atomic E-state index is 13.1. The lowest BCUT2D eigenvalue weighted by Crippen LogP contribution is -2.20. The van der Waals surface area contributed by atoms with E-state index in [1.165, 1.54) is 19.2 Å². The fourth-order valence-electron chi connectivity index (χ4n) is 1.32. The van der Waals surface area contributed by atoms with E-state index in [2.05, 4.69) is 20.9 Å². The number of aliphatic hydroxyl groups excluding tert-OH is 2. The Kier molecular flexibility index (Phi) is 4.63. The zero-order chi connectivity index (χ0) is 11.4. The monoisotopic (exact) mass is 277 g/mol. The van der Waals surface area contributed by atoms with Crippen molar-refractivity contribution in [3.8, 4) is 0 Å². The van der Waals surface area contributed by atoms with Gasteiger partial charge in [0.25, 0.3) is 0 Å². The van der Waals surface area contributed by atoms with Crippen LogP contribution >= 0.6 is 15.9 Å². The first kappa shape index (κ1) is 12.5. The lowest BCUT2D eigenvalue weighted by atomic mass is 10.00. The number of rotatable bonds is 4. The van der Waals surface area contributed by atoms with E-state index in [1.54, 1.807) is 0 Å². The molecule has 0 aliphatic rings. The molecule has 0 aliphatic heterocycles. The third-order valence-electron chi connectivity index (χ3n) is 2.27.